The van der Waals surface area contributed by atoms with E-state index in [0.717, 1.165) is 75.1 Å². The van der Waals surface area contributed by atoms with Crippen LogP contribution < -0.4 is 9.47 Å². The largest absolute Gasteiger partial charge is 0.494 e. The lowest BCUT2D eigenvalue weighted by Crippen LogP contribution is -2.13. The summed E-state index contributed by atoms with van der Waals surface area (Å²) in [7, 11) is 0. The summed E-state index contributed by atoms with van der Waals surface area (Å²) < 4.78 is 35.9. The third kappa shape index (κ3) is 16.1. The van der Waals surface area contributed by atoms with Gasteiger partial charge in [0.1, 0.15) is 11.5 Å². The summed E-state index contributed by atoms with van der Waals surface area (Å²) in [4.78, 5) is 0. The lowest BCUT2D eigenvalue weighted by molar-refractivity contribution is 0.305. The molecule has 2 nitrogen and oxygen atoms in total. The molecule has 0 aliphatic heterocycles. The Bertz CT molecular complexity index is 1730. The van der Waals surface area contributed by atoms with Crippen LogP contribution in [0.4, 0.5) is 8.78 Å². The van der Waals surface area contributed by atoms with E-state index >= 15 is 0 Å². The SMILES string of the molecule is CCCCCCOc1ccc(-c2ccc(C3CCC(CC/C=C/F)CC3)cc2)cc1.CCCCCOc1ccc(-c2ccc(C3CCC(CC/C=C/F)CC3)cc2)cc1. The molecule has 0 spiro atoms. The molecule has 2 aliphatic carbocycles. The zero-order valence-electron chi connectivity index (χ0n) is 36.3. The Labute approximate surface area is 356 Å². The van der Waals surface area contributed by atoms with Gasteiger partial charge in [0.2, 0.25) is 0 Å². The van der Waals surface area contributed by atoms with E-state index in [1.165, 1.54) is 117 Å². The van der Waals surface area contributed by atoms with Crippen LogP contribution in [0, 0.1) is 11.8 Å². The van der Waals surface area contributed by atoms with Crippen LogP contribution in [-0.2, 0) is 0 Å². The second-order valence-corrected chi connectivity index (χ2v) is 17.1. The van der Waals surface area contributed by atoms with Crippen LogP contribution in [0.2, 0.25) is 0 Å². The van der Waals surface area contributed by atoms with E-state index < -0.39 is 0 Å². The first kappa shape index (κ1) is 45.9. The van der Waals surface area contributed by atoms with Crippen molar-refractivity contribution in [3.05, 3.63) is 133 Å². The minimum Gasteiger partial charge on any atom is -0.494 e. The summed E-state index contributed by atoms with van der Waals surface area (Å²) in [5, 5.41) is 0. The molecular formula is C55H72F2O2. The first-order valence-corrected chi connectivity index (χ1v) is 23.3. The van der Waals surface area contributed by atoms with Gasteiger partial charge in [-0.05, 0) is 171 Å². The van der Waals surface area contributed by atoms with Crippen molar-refractivity contribution in [2.75, 3.05) is 13.2 Å². The minimum absolute atomic E-state index is 0.676. The molecule has 0 heterocycles. The van der Waals surface area contributed by atoms with E-state index in [9.17, 15) is 8.78 Å². The van der Waals surface area contributed by atoms with Gasteiger partial charge in [0, 0.05) is 0 Å². The predicted molar refractivity (Wildman–Crippen MR) is 247 cm³/mol. The molecule has 0 N–H and O–H groups in total. The fraction of sp³-hybridized carbons (Fsp3) is 0.491. The van der Waals surface area contributed by atoms with Gasteiger partial charge >= 0.3 is 0 Å². The molecular weight excluding hydrogens is 731 g/mol. The summed E-state index contributed by atoms with van der Waals surface area (Å²) >= 11 is 0. The summed E-state index contributed by atoms with van der Waals surface area (Å²) in [6, 6.07) is 35.2. The maximum Gasteiger partial charge on any atom is 0.119 e. The zero-order chi connectivity index (χ0) is 41.3. The summed E-state index contributed by atoms with van der Waals surface area (Å²) in [6.07, 6.45) is 27.3. The van der Waals surface area contributed by atoms with Gasteiger partial charge in [0.25, 0.3) is 0 Å². The fourth-order valence-corrected chi connectivity index (χ4v) is 9.00. The molecule has 4 heteroatoms. The lowest BCUT2D eigenvalue weighted by Gasteiger charge is -2.28. The van der Waals surface area contributed by atoms with Gasteiger partial charge < -0.3 is 9.47 Å². The molecule has 0 radical (unpaired) electrons. The highest BCUT2D eigenvalue weighted by Gasteiger charge is 2.23. The van der Waals surface area contributed by atoms with Crippen LogP contribution in [0.25, 0.3) is 22.3 Å². The fourth-order valence-electron chi connectivity index (χ4n) is 9.00. The van der Waals surface area contributed by atoms with Crippen LogP contribution >= 0.6 is 0 Å². The molecule has 0 atom stereocenters. The van der Waals surface area contributed by atoms with E-state index in [2.05, 4.69) is 111 Å². The van der Waals surface area contributed by atoms with E-state index in [4.69, 9.17) is 9.47 Å². The second kappa shape index (κ2) is 26.8. The lowest BCUT2D eigenvalue weighted by atomic mass is 9.77. The van der Waals surface area contributed by atoms with Crippen LogP contribution in [0.3, 0.4) is 0 Å². The van der Waals surface area contributed by atoms with Gasteiger partial charge in [0.05, 0.1) is 25.9 Å². The standard InChI is InChI=1S/C28H37FO.C27H35FO/c1-2-3-4-7-22-30-28-19-17-27(18-20-28)26-15-13-25(14-16-26)24-11-9-23(10-12-24)8-5-6-21-29;1-2-3-6-21-29-27-18-16-26(17-19-27)25-14-12-24(13-15-25)23-10-8-22(9-11-23)7-4-5-20-28/h6,13-21,23-24H,2-5,7-12,22H2,1H3;5,12-20,22-23H,2-4,6-11,21H2,1H3/b21-6+;20-5+. The number of hydrogen-bond donors (Lipinski definition) is 0. The van der Waals surface area contributed by atoms with Crippen molar-refractivity contribution in [1.82, 2.24) is 0 Å². The molecule has 2 aliphatic rings. The van der Waals surface area contributed by atoms with E-state index in [1.54, 1.807) is 12.2 Å². The van der Waals surface area contributed by atoms with Gasteiger partial charge in [-0.1, -0.05) is 131 Å². The number of allylic oxidation sites excluding steroid dienone is 2. The molecule has 2 saturated carbocycles. The Kier molecular flexibility index (Phi) is 20.9. The normalized spacial score (nSPS) is 19.4. The van der Waals surface area contributed by atoms with Crippen LogP contribution in [0.5, 0.6) is 11.5 Å². The van der Waals surface area contributed by atoms with Gasteiger partial charge in [-0.25, -0.2) is 8.78 Å². The van der Waals surface area contributed by atoms with Crippen molar-refractivity contribution >= 4 is 0 Å². The summed E-state index contributed by atoms with van der Waals surface area (Å²) in [5.74, 6) is 4.81. The third-order valence-electron chi connectivity index (χ3n) is 12.8. The van der Waals surface area contributed by atoms with E-state index in [-0.39, 0.29) is 0 Å². The van der Waals surface area contributed by atoms with Gasteiger partial charge in [-0.2, -0.15) is 0 Å². The molecule has 0 saturated heterocycles. The van der Waals surface area contributed by atoms with Gasteiger partial charge in [-0.3, -0.25) is 0 Å². The number of hydrogen-bond acceptors (Lipinski definition) is 2. The quantitative estimate of drug-likeness (QED) is 0.0781. The average Bonchev–Trinajstić information content (AvgIpc) is 3.29. The number of rotatable bonds is 21. The molecule has 318 valence electrons. The highest BCUT2D eigenvalue weighted by Crippen LogP contribution is 2.39. The number of halogens is 2. The first-order chi connectivity index (χ1) is 29.1. The molecule has 6 rings (SSSR count). The third-order valence-corrected chi connectivity index (χ3v) is 12.8. The molecule has 4 aromatic carbocycles. The zero-order valence-corrected chi connectivity index (χ0v) is 36.3. The Balaban J connectivity index is 0.000000224. The van der Waals surface area contributed by atoms with Crippen molar-refractivity contribution in [1.29, 1.82) is 0 Å². The number of ether oxygens (including phenoxy) is 2. The maximum absolute atomic E-state index is 12.1. The summed E-state index contributed by atoms with van der Waals surface area (Å²) in [5.41, 5.74) is 7.93. The van der Waals surface area contributed by atoms with Gasteiger partial charge in [0.15, 0.2) is 0 Å². The predicted octanol–water partition coefficient (Wildman–Crippen LogP) is 17.3. The number of benzene rings is 4. The Hall–Kier alpha value is -4.18. The number of unbranched alkanes of at least 4 members (excludes halogenated alkanes) is 5. The van der Waals surface area contributed by atoms with Crippen LogP contribution in [0.1, 0.15) is 159 Å². The summed E-state index contributed by atoms with van der Waals surface area (Å²) in [6.45, 7) is 6.05. The van der Waals surface area contributed by atoms with E-state index in [1.807, 2.05) is 0 Å². The second-order valence-electron chi connectivity index (χ2n) is 17.1. The molecule has 59 heavy (non-hydrogen) atoms. The van der Waals surface area contributed by atoms with Crippen molar-refractivity contribution < 1.29 is 18.3 Å². The molecule has 0 bridgehead atoms. The van der Waals surface area contributed by atoms with Crippen molar-refractivity contribution in [3.8, 4) is 33.8 Å². The molecule has 0 amide bonds. The molecule has 2 fully saturated rings. The average molecular weight is 803 g/mol. The van der Waals surface area contributed by atoms with Crippen LogP contribution in [0.15, 0.2) is 122 Å². The smallest absolute Gasteiger partial charge is 0.119 e. The van der Waals surface area contributed by atoms with Crippen molar-refractivity contribution in [3.63, 3.8) is 0 Å². The highest BCUT2D eigenvalue weighted by atomic mass is 19.1. The first-order valence-electron chi connectivity index (χ1n) is 23.3. The van der Waals surface area contributed by atoms with Crippen molar-refractivity contribution in [2.45, 2.75) is 148 Å². The topological polar surface area (TPSA) is 18.5 Å². The molecule has 0 unspecified atom stereocenters. The molecule has 0 aromatic heterocycles. The Morgan fingerprint density at radius 3 is 1.14 bits per heavy atom. The minimum atomic E-state index is 0.676. The van der Waals surface area contributed by atoms with Crippen LogP contribution in [-0.4, -0.2) is 13.2 Å². The maximum atomic E-state index is 12.1. The van der Waals surface area contributed by atoms with E-state index in [0.29, 0.717) is 24.5 Å². The van der Waals surface area contributed by atoms with Crippen molar-refractivity contribution in [2.24, 2.45) is 11.8 Å². The highest BCUT2D eigenvalue weighted by molar-refractivity contribution is 5.65. The van der Waals surface area contributed by atoms with Gasteiger partial charge in [-0.15, -0.1) is 0 Å². The molecule has 4 aromatic rings. The Morgan fingerprint density at radius 1 is 0.441 bits per heavy atom. The monoisotopic (exact) mass is 803 g/mol. The Morgan fingerprint density at radius 2 is 0.780 bits per heavy atom.